The van der Waals surface area contributed by atoms with E-state index in [9.17, 15) is 33.7 Å². The summed E-state index contributed by atoms with van der Waals surface area (Å²) in [6.45, 7) is 28.8. The Bertz CT molecular complexity index is 4250. The van der Waals surface area contributed by atoms with E-state index >= 15 is 0 Å². The van der Waals surface area contributed by atoms with E-state index in [0.717, 1.165) is 33.4 Å². The lowest BCUT2D eigenvalue weighted by molar-refractivity contribution is 0.0667. The molecule has 0 aliphatic rings. The molecule has 0 radical (unpaired) electrons. The van der Waals surface area contributed by atoms with Crippen molar-refractivity contribution < 1.29 is 71.6 Å². The topological polar surface area (TPSA) is 372 Å². The largest absolute Gasteiger partial charge is 0.497 e. The summed E-state index contributed by atoms with van der Waals surface area (Å²) < 4.78 is 148. The molecule has 0 aliphatic carbocycles. The van der Waals surface area contributed by atoms with Crippen molar-refractivity contribution in [2.45, 2.75) is 114 Å². The summed E-state index contributed by atoms with van der Waals surface area (Å²) in [7, 11) is -9.16. The number of hydrogen-bond donors (Lipinski definition) is 2. The van der Waals surface area contributed by atoms with E-state index in [-0.39, 0.29) is 39.5 Å². The zero-order valence-electron chi connectivity index (χ0n) is 61.6. The molecule has 4 aromatic heterocycles. The standard InChI is InChI=1S/2C26H31N3O5S.2C11H17N3O3S/c2*1-6-14-34-25(26-27-16-19(2)17-28-26)20(3)35(30,31)29(22-8-7-9-24(15-22)33-5)18-21-10-12-23(32-4)13-11-21;2*1-4-5-17-10(9(3)18(12,15)16)11-13-6-8(2)7-14-11/h2*6-13,15-17,20,25H,1,14,18H2,2-5H3;2*4,6-7,9-10H,1,5H2,2-3H3,(H2,12,15,16)/t2*20-,25-;2*9-,10-/m1010/s1. The molecule has 0 saturated carbocycles. The zero-order valence-corrected chi connectivity index (χ0v) is 64.9. The first kappa shape index (κ1) is 87.2. The third-order valence-corrected chi connectivity index (χ3v) is 22.6. The van der Waals surface area contributed by atoms with Crippen molar-refractivity contribution in [3.63, 3.8) is 0 Å². The molecule has 32 heteroatoms. The van der Waals surface area contributed by atoms with Gasteiger partial charge in [0, 0.05) is 61.7 Å². The van der Waals surface area contributed by atoms with Gasteiger partial charge in [-0.05, 0) is 137 Å². The number of ether oxygens (including phenoxy) is 8. The summed E-state index contributed by atoms with van der Waals surface area (Å²) in [4.78, 5) is 33.7. The van der Waals surface area contributed by atoms with Crippen LogP contribution < -0.4 is 37.8 Å². The van der Waals surface area contributed by atoms with Crippen molar-refractivity contribution in [2.24, 2.45) is 10.3 Å². The van der Waals surface area contributed by atoms with Gasteiger partial charge in [-0.2, -0.15) is 0 Å². The number of anilines is 2. The Kier molecular flexibility index (Phi) is 34.5. The van der Waals surface area contributed by atoms with Crippen LogP contribution in [-0.4, -0.2) is 149 Å². The number of nitrogens with two attached hydrogens (primary N) is 2. The van der Waals surface area contributed by atoms with Gasteiger partial charge in [-0.3, -0.25) is 8.61 Å². The van der Waals surface area contributed by atoms with Crippen LogP contribution in [0.1, 0.15) is 109 Å². The number of aromatic nitrogens is 8. The number of methoxy groups -OCH3 is 4. The fourth-order valence-electron chi connectivity index (χ4n) is 9.60. The van der Waals surface area contributed by atoms with Crippen LogP contribution >= 0.6 is 0 Å². The third kappa shape index (κ3) is 25.9. The van der Waals surface area contributed by atoms with Gasteiger partial charge in [0.1, 0.15) is 68.4 Å². The molecule has 0 aliphatic heterocycles. The molecule has 8 aromatic rings. The van der Waals surface area contributed by atoms with Crippen LogP contribution in [0, 0.1) is 27.7 Å². The van der Waals surface area contributed by atoms with Crippen molar-refractivity contribution in [3.8, 4) is 23.0 Å². The summed E-state index contributed by atoms with van der Waals surface area (Å²) in [6.07, 6.45) is 15.7. The van der Waals surface area contributed by atoms with Crippen molar-refractivity contribution in [2.75, 3.05) is 63.5 Å². The number of benzene rings is 4. The highest BCUT2D eigenvalue weighted by molar-refractivity contribution is 7.93. The minimum Gasteiger partial charge on any atom is -0.497 e. The Balaban J connectivity index is 0.000000266. The molecule has 4 aromatic carbocycles. The van der Waals surface area contributed by atoms with E-state index in [1.807, 2.05) is 52.0 Å². The maximum atomic E-state index is 14.1. The van der Waals surface area contributed by atoms with E-state index < -0.39 is 85.5 Å². The average molecular weight is 1540 g/mol. The fourth-order valence-corrected chi connectivity index (χ4v) is 14.0. The summed E-state index contributed by atoms with van der Waals surface area (Å²) in [5, 5.41) is 6.39. The first-order valence-electron chi connectivity index (χ1n) is 33.0. The normalized spacial score (nSPS) is 13.7. The van der Waals surface area contributed by atoms with Crippen molar-refractivity contribution >= 4 is 51.5 Å². The number of nitrogens with zero attached hydrogens (tertiary/aromatic N) is 10. The van der Waals surface area contributed by atoms with Gasteiger partial charge in [0.2, 0.25) is 40.1 Å². The van der Waals surface area contributed by atoms with Gasteiger partial charge in [0.05, 0.1) is 79.3 Å². The summed E-state index contributed by atoms with van der Waals surface area (Å²) in [5.41, 5.74) is 6.01. The Morgan fingerprint density at radius 2 is 0.604 bits per heavy atom. The maximum absolute atomic E-state index is 14.1. The molecular formula is C74H96N12O16S4. The Morgan fingerprint density at radius 1 is 0.368 bits per heavy atom. The zero-order chi connectivity index (χ0) is 78.4. The smallest absolute Gasteiger partial charge is 0.241 e. The Labute approximate surface area is 623 Å². The molecule has 28 nitrogen and oxygen atoms in total. The van der Waals surface area contributed by atoms with Crippen LogP contribution in [0.15, 0.2) is 197 Å². The predicted octanol–water partition coefficient (Wildman–Crippen LogP) is 10.4. The van der Waals surface area contributed by atoms with Gasteiger partial charge in [0.15, 0.2) is 23.3 Å². The van der Waals surface area contributed by atoms with Crippen LogP contribution in [0.3, 0.4) is 0 Å². The molecule has 0 bridgehead atoms. The SMILES string of the molecule is C=CCO[C@@H](c1ncc(C)cn1)[C@@H](C)S(=O)(=O)N(Cc1ccc(OC)cc1)c1cccc(OC)c1.C=CCO[C@@H](c1ncc(C)cn1)[C@@H](C)S(N)(=O)=O.C=CCO[C@H](c1ncc(C)cn1)[C@H](C)S(=O)(=O)N(Cc1ccc(OC)cc1)c1cccc(OC)c1.C=CCO[C@H](c1ncc(C)cn1)[C@H](C)S(N)(=O)=O. The van der Waals surface area contributed by atoms with Gasteiger partial charge in [-0.25, -0.2) is 83.8 Å². The second kappa shape index (κ2) is 42.0. The molecule has 4 heterocycles. The summed E-state index contributed by atoms with van der Waals surface area (Å²) >= 11 is 0. The molecule has 0 spiro atoms. The van der Waals surface area contributed by atoms with Gasteiger partial charge in [-0.15, -0.1) is 26.3 Å². The Hall–Kier alpha value is -9.48. The molecule has 8 rings (SSSR count). The van der Waals surface area contributed by atoms with Crippen molar-refractivity contribution in [1.82, 2.24) is 39.9 Å². The fraction of sp³-hybridized carbons (Fsp3) is 0.351. The number of sulfonamides is 4. The summed E-state index contributed by atoms with van der Waals surface area (Å²) in [6, 6.07) is 28.4. The van der Waals surface area contributed by atoms with E-state index in [4.69, 9.17) is 48.2 Å². The lowest BCUT2D eigenvalue weighted by Gasteiger charge is -2.31. The lowest BCUT2D eigenvalue weighted by Crippen LogP contribution is -2.41. The van der Waals surface area contributed by atoms with Gasteiger partial charge >= 0.3 is 0 Å². The molecular weight excluding hydrogens is 1440 g/mol. The first-order valence-corrected chi connectivity index (χ1v) is 39.2. The van der Waals surface area contributed by atoms with E-state index in [1.165, 1.54) is 48.8 Å². The highest BCUT2D eigenvalue weighted by atomic mass is 32.2. The monoisotopic (exact) mass is 1540 g/mol. The number of primary sulfonamides is 2. The van der Waals surface area contributed by atoms with Gasteiger partial charge in [0.25, 0.3) is 0 Å². The van der Waals surface area contributed by atoms with E-state index in [1.54, 1.807) is 163 Å². The minimum atomic E-state index is -3.97. The average Bonchev–Trinajstić information content (AvgIpc) is 0.785. The third-order valence-electron chi connectivity index (χ3n) is 15.7. The molecule has 0 amide bonds. The molecule has 0 fully saturated rings. The van der Waals surface area contributed by atoms with E-state index in [2.05, 4.69) is 66.2 Å². The van der Waals surface area contributed by atoms with E-state index in [0.29, 0.717) is 57.7 Å². The summed E-state index contributed by atoms with van der Waals surface area (Å²) in [5.74, 6) is 3.65. The van der Waals surface area contributed by atoms with Crippen molar-refractivity contribution in [3.05, 3.63) is 254 Å². The highest BCUT2D eigenvalue weighted by Crippen LogP contribution is 2.35. The molecule has 106 heavy (non-hydrogen) atoms. The molecule has 4 N–H and O–H groups in total. The van der Waals surface area contributed by atoms with Crippen LogP contribution in [0.4, 0.5) is 11.4 Å². The molecule has 572 valence electrons. The van der Waals surface area contributed by atoms with Crippen molar-refractivity contribution in [1.29, 1.82) is 0 Å². The Morgan fingerprint density at radius 3 is 0.821 bits per heavy atom. The second-order valence-electron chi connectivity index (χ2n) is 23.8. The predicted molar refractivity (Wildman–Crippen MR) is 409 cm³/mol. The lowest BCUT2D eigenvalue weighted by atomic mass is 10.2. The van der Waals surface area contributed by atoms with Gasteiger partial charge < -0.3 is 37.9 Å². The van der Waals surface area contributed by atoms with Crippen LogP contribution in [0.5, 0.6) is 23.0 Å². The minimum absolute atomic E-state index is 0.104. The number of hydrogen-bond acceptors (Lipinski definition) is 24. The quantitative estimate of drug-likeness (QED) is 0.0345. The first-order chi connectivity index (χ1) is 50.3. The number of aryl methyl sites for hydroxylation is 4. The van der Waals surface area contributed by atoms with Crippen LogP contribution in [-0.2, 0) is 72.1 Å². The number of rotatable bonds is 36. The second-order valence-corrected chi connectivity index (χ2v) is 32.1. The van der Waals surface area contributed by atoms with Crippen LogP contribution in [0.2, 0.25) is 0 Å². The molecule has 0 unspecified atom stereocenters. The molecule has 0 saturated heterocycles. The molecule has 8 atom stereocenters. The highest BCUT2D eigenvalue weighted by Gasteiger charge is 2.40. The van der Waals surface area contributed by atoms with Crippen LogP contribution in [0.25, 0.3) is 0 Å². The maximum Gasteiger partial charge on any atom is 0.241 e. The van der Waals surface area contributed by atoms with Gasteiger partial charge in [-0.1, -0.05) is 60.7 Å².